The standard InChI is InChI=1S/C18H27N3O3/c1-17(2,3)22-9-10-6-11(12-8-21-13(7-19)14(12)20)16-15(10)23-18(4,5)24-16/h8,10-11,15-16,21H,6,9,20H2,1-5H3/t10-,11+,15-,16+/m1/s1. The minimum absolute atomic E-state index is 0.0211. The highest BCUT2D eigenvalue weighted by molar-refractivity contribution is 5.58. The molecular weight excluding hydrogens is 306 g/mol. The minimum atomic E-state index is -0.614. The summed E-state index contributed by atoms with van der Waals surface area (Å²) in [5.41, 5.74) is 7.84. The molecule has 0 radical (unpaired) electrons. The Morgan fingerprint density at radius 1 is 1.38 bits per heavy atom. The molecular formula is C18H27N3O3. The van der Waals surface area contributed by atoms with Crippen LogP contribution in [0.5, 0.6) is 0 Å². The Kier molecular flexibility index (Phi) is 4.15. The third-order valence-corrected chi connectivity index (χ3v) is 4.78. The van der Waals surface area contributed by atoms with Gasteiger partial charge in [0.2, 0.25) is 0 Å². The van der Waals surface area contributed by atoms with Crippen molar-refractivity contribution >= 4 is 5.69 Å². The summed E-state index contributed by atoms with van der Waals surface area (Å²) in [6, 6.07) is 2.09. The minimum Gasteiger partial charge on any atom is -0.396 e. The van der Waals surface area contributed by atoms with Gasteiger partial charge in [-0.3, -0.25) is 0 Å². The van der Waals surface area contributed by atoms with Crippen LogP contribution in [0.15, 0.2) is 6.20 Å². The van der Waals surface area contributed by atoms with Crippen molar-refractivity contribution in [1.29, 1.82) is 5.26 Å². The monoisotopic (exact) mass is 333 g/mol. The summed E-state index contributed by atoms with van der Waals surface area (Å²) in [5.74, 6) is -0.276. The van der Waals surface area contributed by atoms with E-state index < -0.39 is 5.79 Å². The number of hydrogen-bond acceptors (Lipinski definition) is 5. The molecule has 1 aromatic rings. The number of ether oxygens (including phenoxy) is 3. The van der Waals surface area contributed by atoms with Crippen molar-refractivity contribution < 1.29 is 14.2 Å². The van der Waals surface area contributed by atoms with Crippen LogP contribution in [0.1, 0.15) is 58.2 Å². The van der Waals surface area contributed by atoms with Gasteiger partial charge in [0.1, 0.15) is 11.8 Å². The summed E-state index contributed by atoms with van der Waals surface area (Å²) in [6.07, 6.45) is 2.61. The maximum atomic E-state index is 9.13. The van der Waals surface area contributed by atoms with Crippen molar-refractivity contribution in [2.75, 3.05) is 12.3 Å². The molecule has 0 bridgehead atoms. The number of aromatic amines is 1. The quantitative estimate of drug-likeness (QED) is 0.887. The van der Waals surface area contributed by atoms with Crippen molar-refractivity contribution in [3.05, 3.63) is 17.5 Å². The molecule has 0 amide bonds. The second-order valence-corrected chi connectivity index (χ2v) is 8.23. The molecule has 3 rings (SSSR count). The summed E-state index contributed by atoms with van der Waals surface area (Å²) < 4.78 is 18.3. The van der Waals surface area contributed by atoms with Gasteiger partial charge in [-0.15, -0.1) is 0 Å². The van der Waals surface area contributed by atoms with Gasteiger partial charge in [-0.2, -0.15) is 5.26 Å². The molecule has 2 fully saturated rings. The summed E-state index contributed by atoms with van der Waals surface area (Å²) in [7, 11) is 0. The number of anilines is 1. The predicted molar refractivity (Wildman–Crippen MR) is 90.3 cm³/mol. The molecule has 1 saturated carbocycles. The summed E-state index contributed by atoms with van der Waals surface area (Å²) >= 11 is 0. The Hall–Kier alpha value is -1.55. The maximum Gasteiger partial charge on any atom is 0.163 e. The van der Waals surface area contributed by atoms with Crippen LogP contribution in [-0.2, 0) is 14.2 Å². The highest BCUT2D eigenvalue weighted by atomic mass is 16.8. The number of hydrogen-bond donors (Lipinski definition) is 2. The van der Waals surface area contributed by atoms with Crippen LogP contribution < -0.4 is 5.73 Å². The van der Waals surface area contributed by atoms with E-state index in [1.807, 2.05) is 20.0 Å². The molecule has 24 heavy (non-hydrogen) atoms. The van der Waals surface area contributed by atoms with Crippen molar-refractivity contribution in [1.82, 2.24) is 4.98 Å². The number of nitrogens with zero attached hydrogens (tertiary/aromatic N) is 1. The fraction of sp³-hybridized carbons (Fsp3) is 0.722. The van der Waals surface area contributed by atoms with Crippen LogP contribution in [0, 0.1) is 17.2 Å². The molecule has 0 aromatic carbocycles. The molecule has 132 valence electrons. The van der Waals surface area contributed by atoms with E-state index in [1.54, 1.807) is 0 Å². The molecule has 6 nitrogen and oxygen atoms in total. The Bertz CT molecular complexity index is 653. The molecule has 2 heterocycles. The molecule has 4 atom stereocenters. The zero-order chi connectivity index (χ0) is 17.7. The lowest BCUT2D eigenvalue weighted by Gasteiger charge is -2.26. The second kappa shape index (κ2) is 5.76. The van der Waals surface area contributed by atoms with Gasteiger partial charge < -0.3 is 24.9 Å². The number of H-pyrrole nitrogens is 1. The summed E-state index contributed by atoms with van der Waals surface area (Å²) in [4.78, 5) is 2.96. The van der Waals surface area contributed by atoms with Crippen molar-refractivity contribution in [2.45, 2.75) is 70.6 Å². The van der Waals surface area contributed by atoms with Crippen LogP contribution >= 0.6 is 0 Å². The van der Waals surface area contributed by atoms with Gasteiger partial charge in [-0.1, -0.05) is 0 Å². The first-order valence-corrected chi connectivity index (χ1v) is 8.48. The lowest BCUT2D eigenvalue weighted by Crippen LogP contribution is -2.31. The number of nitrogens with one attached hydrogen (secondary N) is 1. The Balaban J connectivity index is 1.85. The fourth-order valence-corrected chi connectivity index (χ4v) is 3.76. The van der Waals surface area contributed by atoms with E-state index >= 15 is 0 Å². The third-order valence-electron chi connectivity index (χ3n) is 4.78. The first-order valence-electron chi connectivity index (χ1n) is 8.48. The Morgan fingerprint density at radius 2 is 2.04 bits per heavy atom. The van der Waals surface area contributed by atoms with Crippen molar-refractivity contribution in [3.63, 3.8) is 0 Å². The lowest BCUT2D eigenvalue weighted by molar-refractivity contribution is -0.162. The van der Waals surface area contributed by atoms with Crippen molar-refractivity contribution in [2.24, 2.45) is 5.92 Å². The van der Waals surface area contributed by atoms with E-state index in [4.69, 9.17) is 25.2 Å². The number of fused-ring (bicyclic) bond motifs is 1. The van der Waals surface area contributed by atoms with Gasteiger partial charge in [0.15, 0.2) is 5.79 Å². The number of aromatic nitrogens is 1. The zero-order valence-corrected chi connectivity index (χ0v) is 15.1. The Morgan fingerprint density at radius 3 is 2.62 bits per heavy atom. The SMILES string of the molecule is CC(C)(C)OC[C@H]1C[C@@H](c2c[nH]c(C#N)c2N)[C@@H]2OC(C)(C)O[C@H]12. The number of nitriles is 1. The highest BCUT2D eigenvalue weighted by Crippen LogP contribution is 2.50. The van der Waals surface area contributed by atoms with Gasteiger partial charge in [-0.25, -0.2) is 0 Å². The fourth-order valence-electron chi connectivity index (χ4n) is 3.76. The second-order valence-electron chi connectivity index (χ2n) is 8.23. The number of nitrogens with two attached hydrogens (primary N) is 1. The van der Waals surface area contributed by atoms with E-state index in [2.05, 4.69) is 31.8 Å². The van der Waals surface area contributed by atoms with Crippen LogP contribution in [0.25, 0.3) is 0 Å². The van der Waals surface area contributed by atoms with Gasteiger partial charge in [0.25, 0.3) is 0 Å². The molecule has 1 aliphatic heterocycles. The average Bonchev–Trinajstić information content (AvgIpc) is 3.07. The van der Waals surface area contributed by atoms with E-state index in [1.165, 1.54) is 0 Å². The lowest BCUT2D eigenvalue weighted by atomic mass is 9.95. The van der Waals surface area contributed by atoms with E-state index in [0.29, 0.717) is 18.0 Å². The number of nitrogen functional groups attached to an aromatic ring is 1. The summed E-state index contributed by atoms with van der Waals surface area (Å²) in [6.45, 7) is 10.6. The third kappa shape index (κ3) is 3.16. The molecule has 0 spiro atoms. The molecule has 6 heteroatoms. The summed E-state index contributed by atoms with van der Waals surface area (Å²) in [5, 5.41) is 9.13. The van der Waals surface area contributed by atoms with Gasteiger partial charge >= 0.3 is 0 Å². The maximum absolute atomic E-state index is 9.13. The Labute approximate surface area is 143 Å². The van der Waals surface area contributed by atoms with Crippen molar-refractivity contribution in [3.8, 4) is 6.07 Å². The topological polar surface area (TPSA) is 93.3 Å². The van der Waals surface area contributed by atoms with Gasteiger partial charge in [-0.05, 0) is 46.6 Å². The van der Waals surface area contributed by atoms with E-state index in [9.17, 15) is 0 Å². The molecule has 1 saturated heterocycles. The molecule has 3 N–H and O–H groups in total. The number of rotatable bonds is 3. The molecule has 1 aromatic heterocycles. The molecule has 2 aliphatic rings. The largest absolute Gasteiger partial charge is 0.396 e. The smallest absolute Gasteiger partial charge is 0.163 e. The van der Waals surface area contributed by atoms with Crippen LogP contribution in [0.4, 0.5) is 5.69 Å². The van der Waals surface area contributed by atoms with Gasteiger partial charge in [0.05, 0.1) is 30.1 Å². The first kappa shape index (κ1) is 17.3. The molecule has 1 aliphatic carbocycles. The van der Waals surface area contributed by atoms with Gasteiger partial charge in [0, 0.05) is 18.0 Å². The zero-order valence-electron chi connectivity index (χ0n) is 15.1. The normalized spacial score (nSPS) is 31.8. The highest BCUT2D eigenvalue weighted by Gasteiger charge is 2.54. The van der Waals surface area contributed by atoms with Crippen LogP contribution in [-0.4, -0.2) is 35.2 Å². The van der Waals surface area contributed by atoms with E-state index in [-0.39, 0.29) is 29.6 Å². The van der Waals surface area contributed by atoms with Crippen LogP contribution in [0.3, 0.4) is 0 Å². The average molecular weight is 333 g/mol. The predicted octanol–water partition coefficient (Wildman–Crippen LogP) is 2.91. The first-order chi connectivity index (χ1) is 11.1. The van der Waals surface area contributed by atoms with E-state index in [0.717, 1.165) is 12.0 Å². The molecule has 0 unspecified atom stereocenters. The van der Waals surface area contributed by atoms with Crippen LogP contribution in [0.2, 0.25) is 0 Å².